The molecule has 0 aliphatic carbocycles. The summed E-state index contributed by atoms with van der Waals surface area (Å²) in [5.74, 6) is -0.702. The zero-order valence-corrected chi connectivity index (χ0v) is 19.1. The van der Waals surface area contributed by atoms with Gasteiger partial charge in [0.15, 0.2) is 0 Å². The Balaban J connectivity index is 2.12. The molecule has 5 nitrogen and oxygen atoms in total. The number of nitrogens with one attached hydrogen (secondary N) is 1. The lowest BCUT2D eigenvalue weighted by molar-refractivity contribution is -0.137. The molecule has 0 saturated carbocycles. The highest BCUT2D eigenvalue weighted by Gasteiger charge is 2.23. The van der Waals surface area contributed by atoms with Crippen LogP contribution in [-0.4, -0.2) is 19.5 Å². The summed E-state index contributed by atoms with van der Waals surface area (Å²) in [7, 11) is -3.78. The summed E-state index contributed by atoms with van der Waals surface area (Å²) in [5.41, 5.74) is 0. The van der Waals surface area contributed by atoms with Gasteiger partial charge in [-0.05, 0) is 61.6 Å². The van der Waals surface area contributed by atoms with Crippen molar-refractivity contribution in [2.45, 2.75) is 69.7 Å². The van der Waals surface area contributed by atoms with E-state index < -0.39 is 21.8 Å². The van der Waals surface area contributed by atoms with Gasteiger partial charge in [0.05, 0.1) is 10.9 Å². The maximum atomic E-state index is 13.2. The summed E-state index contributed by atoms with van der Waals surface area (Å²) in [4.78, 5) is 12.7. The molecule has 1 heterocycles. The molecule has 0 radical (unpaired) electrons. The number of rotatable bonds is 13. The molecule has 2 N–H and O–H groups in total. The number of aryl methyl sites for hydroxylation is 1. The average Bonchev–Trinajstić information content (AvgIpc) is 3.13. The molecule has 30 heavy (non-hydrogen) atoms. The molecule has 0 spiro atoms. The second kappa shape index (κ2) is 11.6. The van der Waals surface area contributed by atoms with Gasteiger partial charge in [-0.3, -0.25) is 4.79 Å². The number of hydrogen-bond acceptors (Lipinski definition) is 4. The minimum atomic E-state index is -3.78. The highest BCUT2D eigenvalue weighted by Crippen LogP contribution is 2.30. The summed E-state index contributed by atoms with van der Waals surface area (Å²) < 4.78 is 41.6. The highest BCUT2D eigenvalue weighted by atomic mass is 32.2. The normalized spacial score (nSPS) is 12.9. The Hall–Kier alpha value is -1.77. The number of carboxylic acids is 1. The van der Waals surface area contributed by atoms with Crippen molar-refractivity contribution in [2.75, 3.05) is 0 Å². The van der Waals surface area contributed by atoms with Gasteiger partial charge in [0.25, 0.3) is 0 Å². The molecule has 0 bridgehead atoms. The van der Waals surface area contributed by atoms with E-state index in [9.17, 15) is 17.6 Å². The number of carboxylic acid groups (broad SMARTS) is 1. The molecule has 2 rings (SSSR count). The van der Waals surface area contributed by atoms with Crippen LogP contribution in [0.5, 0.6) is 0 Å². The number of carbonyl (C=O) groups is 1. The monoisotopic (exact) mass is 455 g/mol. The van der Waals surface area contributed by atoms with Gasteiger partial charge in [-0.25, -0.2) is 17.5 Å². The predicted molar refractivity (Wildman–Crippen MR) is 118 cm³/mol. The highest BCUT2D eigenvalue weighted by molar-refractivity contribution is 7.89. The van der Waals surface area contributed by atoms with Crippen LogP contribution < -0.4 is 4.72 Å². The number of halogens is 1. The number of thiophene rings is 1. The first-order chi connectivity index (χ1) is 14.2. The maximum Gasteiger partial charge on any atom is 0.303 e. The summed E-state index contributed by atoms with van der Waals surface area (Å²) in [6, 6.07) is 8.29. The number of sulfonamides is 1. The van der Waals surface area contributed by atoms with Crippen molar-refractivity contribution in [2.24, 2.45) is 5.92 Å². The summed E-state index contributed by atoms with van der Waals surface area (Å²) in [6.45, 7) is 4.33. The molecule has 0 aliphatic heterocycles. The van der Waals surface area contributed by atoms with Crippen LogP contribution in [0.4, 0.5) is 4.39 Å². The van der Waals surface area contributed by atoms with Gasteiger partial charge in [-0.1, -0.05) is 33.1 Å². The van der Waals surface area contributed by atoms with Crippen molar-refractivity contribution < 1.29 is 22.7 Å². The molecule has 1 unspecified atom stereocenters. The Morgan fingerprint density at radius 3 is 2.37 bits per heavy atom. The maximum absolute atomic E-state index is 13.2. The minimum Gasteiger partial charge on any atom is -0.481 e. The van der Waals surface area contributed by atoms with Crippen LogP contribution in [0.15, 0.2) is 41.3 Å². The van der Waals surface area contributed by atoms with Gasteiger partial charge < -0.3 is 5.11 Å². The fourth-order valence-corrected chi connectivity index (χ4v) is 5.62. The van der Waals surface area contributed by atoms with Gasteiger partial charge in [0.1, 0.15) is 5.82 Å². The van der Waals surface area contributed by atoms with E-state index >= 15 is 0 Å². The topological polar surface area (TPSA) is 83.5 Å². The Labute approximate surface area is 182 Å². The zero-order chi connectivity index (χ0) is 22.1. The first-order valence-electron chi connectivity index (χ1n) is 10.3. The second-order valence-electron chi connectivity index (χ2n) is 7.86. The van der Waals surface area contributed by atoms with Crippen molar-refractivity contribution in [1.82, 2.24) is 4.72 Å². The van der Waals surface area contributed by atoms with E-state index in [1.54, 1.807) is 0 Å². The molecule has 0 amide bonds. The molecule has 1 atom stereocenters. The van der Waals surface area contributed by atoms with Crippen LogP contribution in [0, 0.1) is 11.7 Å². The second-order valence-corrected chi connectivity index (χ2v) is 10.8. The largest absolute Gasteiger partial charge is 0.481 e. The predicted octanol–water partition coefficient (Wildman–Crippen LogP) is 5.53. The van der Waals surface area contributed by atoms with Crippen LogP contribution in [0.3, 0.4) is 0 Å². The van der Waals surface area contributed by atoms with E-state index in [4.69, 9.17) is 5.11 Å². The van der Waals surface area contributed by atoms with Crippen LogP contribution in [0.25, 0.3) is 0 Å². The molecule has 1 aromatic carbocycles. The van der Waals surface area contributed by atoms with E-state index in [0.717, 1.165) is 41.1 Å². The van der Waals surface area contributed by atoms with Crippen molar-refractivity contribution >= 4 is 27.3 Å². The molecular formula is C22H30FNO4S2. The lowest BCUT2D eigenvalue weighted by atomic mass is 10.0. The van der Waals surface area contributed by atoms with Gasteiger partial charge in [-0.2, -0.15) is 0 Å². The molecular weight excluding hydrogens is 425 g/mol. The molecule has 8 heteroatoms. The van der Waals surface area contributed by atoms with E-state index in [-0.39, 0.29) is 17.4 Å². The Morgan fingerprint density at radius 1 is 1.07 bits per heavy atom. The first kappa shape index (κ1) is 24.5. The number of aliphatic carboxylic acids is 1. The number of benzene rings is 1. The summed E-state index contributed by atoms with van der Waals surface area (Å²) in [6.07, 6.45) is 4.98. The lowest BCUT2D eigenvalue weighted by Gasteiger charge is -2.18. The molecule has 0 saturated heterocycles. The fraction of sp³-hybridized carbons (Fsp3) is 0.500. The Kier molecular flexibility index (Phi) is 9.45. The minimum absolute atomic E-state index is 0.0364. The van der Waals surface area contributed by atoms with Gasteiger partial charge >= 0.3 is 5.97 Å². The van der Waals surface area contributed by atoms with E-state index in [2.05, 4.69) is 18.6 Å². The molecule has 0 aliphatic rings. The Morgan fingerprint density at radius 2 is 1.73 bits per heavy atom. The molecule has 0 fully saturated rings. The Bertz CT molecular complexity index is 907. The third-order valence-corrected chi connectivity index (χ3v) is 7.53. The quantitative estimate of drug-likeness (QED) is 0.389. The zero-order valence-electron chi connectivity index (χ0n) is 17.4. The van der Waals surface area contributed by atoms with Gasteiger partial charge in [0.2, 0.25) is 10.0 Å². The van der Waals surface area contributed by atoms with Crippen molar-refractivity contribution in [3.8, 4) is 0 Å². The molecule has 1 aromatic heterocycles. The van der Waals surface area contributed by atoms with Crippen LogP contribution in [0.2, 0.25) is 0 Å². The van der Waals surface area contributed by atoms with Crippen molar-refractivity contribution in [1.29, 1.82) is 0 Å². The van der Waals surface area contributed by atoms with Crippen LogP contribution in [0.1, 0.15) is 68.2 Å². The molecule has 2 aromatic rings. The third-order valence-electron chi connectivity index (χ3n) is 4.79. The molecule has 166 valence electrons. The van der Waals surface area contributed by atoms with E-state index in [1.165, 1.54) is 23.5 Å². The lowest BCUT2D eigenvalue weighted by Crippen LogP contribution is -2.28. The van der Waals surface area contributed by atoms with Gasteiger partial charge in [-0.15, -0.1) is 11.3 Å². The van der Waals surface area contributed by atoms with Crippen LogP contribution >= 0.6 is 11.3 Å². The van der Waals surface area contributed by atoms with Crippen molar-refractivity contribution in [3.63, 3.8) is 0 Å². The van der Waals surface area contributed by atoms with E-state index in [1.807, 2.05) is 12.1 Å². The third kappa shape index (κ3) is 8.16. The van der Waals surface area contributed by atoms with Crippen molar-refractivity contribution in [3.05, 3.63) is 52.0 Å². The average molecular weight is 456 g/mol. The SMILES string of the molecule is CC(C)CCCCC(NS(=O)(=O)c1ccc(F)cc1)c1ccc(CCCC(=O)O)s1. The van der Waals surface area contributed by atoms with E-state index in [0.29, 0.717) is 25.2 Å². The number of unbranched alkanes of at least 4 members (excludes halogenated alkanes) is 1. The smallest absolute Gasteiger partial charge is 0.303 e. The summed E-state index contributed by atoms with van der Waals surface area (Å²) in [5, 5.41) is 8.80. The fourth-order valence-electron chi connectivity index (χ4n) is 3.16. The number of hydrogen-bond donors (Lipinski definition) is 2. The van der Waals surface area contributed by atoms with Gasteiger partial charge in [0, 0.05) is 16.2 Å². The van der Waals surface area contributed by atoms with Crippen LogP contribution in [-0.2, 0) is 21.2 Å². The summed E-state index contributed by atoms with van der Waals surface area (Å²) >= 11 is 1.52. The standard InChI is InChI=1S/C22H30FNO4S2/c1-16(2)6-3-4-8-20(21-15-12-18(29-21)7-5-9-22(25)26)24-30(27,28)19-13-10-17(23)11-14-19/h10-16,20,24H,3-9H2,1-2H3,(H,25,26). The first-order valence-corrected chi connectivity index (χ1v) is 12.6.